The topological polar surface area (TPSA) is 70.1 Å². The Morgan fingerprint density at radius 3 is 2.54 bits per heavy atom. The van der Waals surface area contributed by atoms with Gasteiger partial charge in [-0.05, 0) is 12.5 Å². The third-order valence-corrected chi connectivity index (χ3v) is 4.77. The molecule has 3 rings (SSSR count). The minimum absolute atomic E-state index is 0.0217. The number of halogens is 3. The first-order valence-electron chi connectivity index (χ1n) is 8.90. The van der Waals surface area contributed by atoms with E-state index >= 15 is 0 Å². The third kappa shape index (κ3) is 6.20. The second kappa shape index (κ2) is 8.91. The summed E-state index contributed by atoms with van der Waals surface area (Å²) in [4.78, 5) is 25.1. The summed E-state index contributed by atoms with van der Waals surface area (Å²) in [6, 6.07) is 8.66. The summed E-state index contributed by atoms with van der Waals surface area (Å²) in [6.45, 7) is 7.21. The van der Waals surface area contributed by atoms with E-state index in [9.17, 15) is 18.0 Å². The number of benzene rings is 1. The summed E-state index contributed by atoms with van der Waals surface area (Å²) >= 11 is 0. The maximum atomic E-state index is 11.9. The standard InChI is InChI=1S/C17H24N2O2.C2HF3O2/c1-14-4-3-5-15(8-14)10-19-6-7-21-13-17(12-19)9-16(20)18(2)11-17;3-2(4,5)1(6)7/h3-5,8H,6-7,9-13H2,1-2H3;(H,6,7). The monoisotopic (exact) mass is 402 g/mol. The van der Waals surface area contributed by atoms with Gasteiger partial charge in [-0.3, -0.25) is 9.69 Å². The molecule has 2 fully saturated rings. The number of ether oxygens (including phenoxy) is 1. The van der Waals surface area contributed by atoms with E-state index in [2.05, 4.69) is 36.1 Å². The van der Waals surface area contributed by atoms with Gasteiger partial charge in [0.1, 0.15) is 0 Å². The highest BCUT2D eigenvalue weighted by molar-refractivity contribution is 5.79. The van der Waals surface area contributed by atoms with Crippen LogP contribution in [-0.4, -0.2) is 72.9 Å². The predicted octanol–water partition coefficient (Wildman–Crippen LogP) is 2.31. The summed E-state index contributed by atoms with van der Waals surface area (Å²) < 4.78 is 37.5. The molecule has 9 heteroatoms. The van der Waals surface area contributed by atoms with E-state index in [1.165, 1.54) is 11.1 Å². The number of rotatable bonds is 2. The van der Waals surface area contributed by atoms with Gasteiger partial charge in [-0.1, -0.05) is 29.8 Å². The molecule has 2 saturated heterocycles. The summed E-state index contributed by atoms with van der Waals surface area (Å²) in [5, 5.41) is 7.12. The highest BCUT2D eigenvalue weighted by Gasteiger charge is 2.44. The van der Waals surface area contributed by atoms with Crippen molar-refractivity contribution in [2.75, 3.05) is 39.9 Å². The Morgan fingerprint density at radius 2 is 2.00 bits per heavy atom. The minimum Gasteiger partial charge on any atom is -0.475 e. The molecule has 1 aromatic rings. The molecule has 1 spiro atoms. The van der Waals surface area contributed by atoms with Crippen LogP contribution in [0.15, 0.2) is 24.3 Å². The molecule has 0 aliphatic carbocycles. The largest absolute Gasteiger partial charge is 0.490 e. The number of carboxylic acids is 1. The van der Waals surface area contributed by atoms with Crippen LogP contribution in [0.3, 0.4) is 0 Å². The van der Waals surface area contributed by atoms with E-state index in [0.717, 1.165) is 32.8 Å². The molecule has 0 aromatic heterocycles. The van der Waals surface area contributed by atoms with Crippen molar-refractivity contribution in [1.82, 2.24) is 9.80 Å². The second-order valence-corrected chi connectivity index (χ2v) is 7.48. The molecule has 0 radical (unpaired) electrons. The molecule has 2 aliphatic heterocycles. The summed E-state index contributed by atoms with van der Waals surface area (Å²) in [5.74, 6) is -2.51. The van der Waals surface area contributed by atoms with Gasteiger partial charge in [-0.15, -0.1) is 0 Å². The van der Waals surface area contributed by atoms with Gasteiger partial charge in [0.15, 0.2) is 0 Å². The fraction of sp³-hybridized carbons (Fsp3) is 0.579. The number of alkyl halides is 3. The van der Waals surface area contributed by atoms with Gasteiger partial charge in [0.05, 0.1) is 13.2 Å². The first-order valence-corrected chi connectivity index (χ1v) is 8.90. The smallest absolute Gasteiger partial charge is 0.475 e. The van der Waals surface area contributed by atoms with Gasteiger partial charge >= 0.3 is 12.1 Å². The average Bonchev–Trinajstić information content (AvgIpc) is 2.73. The molecule has 0 bridgehead atoms. The molecule has 0 saturated carbocycles. The number of likely N-dealkylation sites (tertiary alicyclic amines) is 1. The maximum absolute atomic E-state index is 11.9. The fourth-order valence-corrected chi connectivity index (χ4v) is 3.59. The Bertz CT molecular complexity index is 711. The van der Waals surface area contributed by atoms with Crippen LogP contribution in [0.2, 0.25) is 0 Å². The van der Waals surface area contributed by atoms with Crippen molar-refractivity contribution in [1.29, 1.82) is 0 Å². The Hall–Kier alpha value is -2.13. The molecule has 1 amide bonds. The Labute approximate surface area is 161 Å². The lowest BCUT2D eigenvalue weighted by Crippen LogP contribution is -2.40. The van der Waals surface area contributed by atoms with E-state index in [-0.39, 0.29) is 11.3 Å². The zero-order valence-electron chi connectivity index (χ0n) is 16.0. The number of aliphatic carboxylic acids is 1. The van der Waals surface area contributed by atoms with Gasteiger partial charge in [0.25, 0.3) is 0 Å². The normalized spacial score (nSPS) is 23.3. The number of hydrogen-bond acceptors (Lipinski definition) is 4. The highest BCUT2D eigenvalue weighted by Crippen LogP contribution is 2.33. The number of carbonyl (C=O) groups excluding carboxylic acids is 1. The quantitative estimate of drug-likeness (QED) is 0.822. The molecular weight excluding hydrogens is 377 g/mol. The van der Waals surface area contributed by atoms with Crippen molar-refractivity contribution < 1.29 is 32.6 Å². The zero-order valence-corrected chi connectivity index (χ0v) is 16.0. The van der Waals surface area contributed by atoms with E-state index in [4.69, 9.17) is 14.6 Å². The van der Waals surface area contributed by atoms with Crippen molar-refractivity contribution in [3.63, 3.8) is 0 Å². The third-order valence-electron chi connectivity index (χ3n) is 4.77. The number of carboxylic acid groups (broad SMARTS) is 1. The lowest BCUT2D eigenvalue weighted by molar-refractivity contribution is -0.192. The highest BCUT2D eigenvalue weighted by atomic mass is 19.4. The van der Waals surface area contributed by atoms with Crippen LogP contribution in [0.1, 0.15) is 17.5 Å². The fourth-order valence-electron chi connectivity index (χ4n) is 3.59. The molecule has 156 valence electrons. The van der Waals surface area contributed by atoms with Crippen molar-refractivity contribution in [3.05, 3.63) is 35.4 Å². The molecule has 1 atom stereocenters. The van der Waals surface area contributed by atoms with Crippen LogP contribution < -0.4 is 0 Å². The Kier molecular flexibility index (Phi) is 7.06. The molecule has 28 heavy (non-hydrogen) atoms. The van der Waals surface area contributed by atoms with E-state index < -0.39 is 12.1 Å². The first kappa shape index (κ1) is 22.2. The van der Waals surface area contributed by atoms with E-state index in [1.54, 1.807) is 0 Å². The lowest BCUT2D eigenvalue weighted by Gasteiger charge is -2.30. The number of nitrogens with zero attached hydrogens (tertiary/aromatic N) is 2. The van der Waals surface area contributed by atoms with E-state index in [1.807, 2.05) is 11.9 Å². The van der Waals surface area contributed by atoms with Gasteiger partial charge in [-0.25, -0.2) is 4.79 Å². The van der Waals surface area contributed by atoms with Crippen LogP contribution in [0.5, 0.6) is 0 Å². The van der Waals surface area contributed by atoms with Gasteiger partial charge in [-0.2, -0.15) is 13.2 Å². The molecule has 2 aliphatic rings. The van der Waals surface area contributed by atoms with Crippen LogP contribution in [0.4, 0.5) is 13.2 Å². The van der Waals surface area contributed by atoms with Crippen LogP contribution in [0, 0.1) is 12.3 Å². The summed E-state index contributed by atoms with van der Waals surface area (Å²) in [5.41, 5.74) is 2.61. The predicted molar refractivity (Wildman–Crippen MR) is 95.7 cm³/mol. The number of amides is 1. The van der Waals surface area contributed by atoms with Crippen LogP contribution in [-0.2, 0) is 20.9 Å². The van der Waals surface area contributed by atoms with Gasteiger partial charge in [0, 0.05) is 45.1 Å². The Morgan fingerprint density at radius 1 is 1.32 bits per heavy atom. The molecule has 6 nitrogen and oxygen atoms in total. The maximum Gasteiger partial charge on any atom is 0.490 e. The van der Waals surface area contributed by atoms with Crippen molar-refractivity contribution in [2.45, 2.75) is 26.1 Å². The molecular formula is C19H25F3N2O4. The van der Waals surface area contributed by atoms with Crippen LogP contribution in [0.25, 0.3) is 0 Å². The van der Waals surface area contributed by atoms with Crippen molar-refractivity contribution in [2.24, 2.45) is 5.41 Å². The second-order valence-electron chi connectivity index (χ2n) is 7.48. The number of hydrogen-bond donors (Lipinski definition) is 1. The molecule has 1 unspecified atom stereocenters. The first-order chi connectivity index (χ1) is 13.0. The summed E-state index contributed by atoms with van der Waals surface area (Å²) in [6.07, 6.45) is -4.46. The van der Waals surface area contributed by atoms with Crippen LogP contribution >= 0.6 is 0 Å². The number of carbonyl (C=O) groups is 2. The Balaban J connectivity index is 0.000000345. The van der Waals surface area contributed by atoms with E-state index in [0.29, 0.717) is 13.0 Å². The molecule has 1 aromatic carbocycles. The number of aryl methyl sites for hydroxylation is 1. The molecule has 1 N–H and O–H groups in total. The lowest BCUT2D eigenvalue weighted by atomic mass is 9.87. The average molecular weight is 402 g/mol. The van der Waals surface area contributed by atoms with Crippen molar-refractivity contribution in [3.8, 4) is 0 Å². The SMILES string of the molecule is Cc1cccc(CN2CCOCC3(CC(=O)N(C)C3)C2)c1.O=C(O)C(F)(F)F. The zero-order chi connectivity index (χ0) is 20.9. The summed E-state index contributed by atoms with van der Waals surface area (Å²) in [7, 11) is 1.90. The minimum atomic E-state index is -5.08. The van der Waals surface area contributed by atoms with Crippen molar-refractivity contribution >= 4 is 11.9 Å². The molecule has 2 heterocycles. The van der Waals surface area contributed by atoms with Gasteiger partial charge in [0.2, 0.25) is 5.91 Å². The van der Waals surface area contributed by atoms with Gasteiger partial charge < -0.3 is 14.7 Å².